The van der Waals surface area contributed by atoms with Gasteiger partial charge in [-0.1, -0.05) is 11.8 Å². The Hall–Kier alpha value is -1.92. The molecular formula is C15H15ClN2O. The van der Waals surface area contributed by atoms with Crippen LogP contribution in [0.25, 0.3) is 0 Å². The Labute approximate surface area is 118 Å². The summed E-state index contributed by atoms with van der Waals surface area (Å²) in [5, 5.41) is 0. The zero-order valence-corrected chi connectivity index (χ0v) is 11.3. The zero-order chi connectivity index (χ0) is 13.3. The van der Waals surface area contributed by atoms with Crippen molar-refractivity contribution in [1.82, 2.24) is 9.55 Å². The molecule has 0 aliphatic rings. The van der Waals surface area contributed by atoms with E-state index < -0.39 is 0 Å². The smallest absolute Gasteiger partial charge is 0.119 e. The molecule has 0 bridgehead atoms. The van der Waals surface area contributed by atoms with E-state index in [1.807, 2.05) is 41.4 Å². The summed E-state index contributed by atoms with van der Waals surface area (Å²) in [6, 6.07) is 7.72. The Morgan fingerprint density at radius 3 is 2.79 bits per heavy atom. The maximum Gasteiger partial charge on any atom is 0.119 e. The maximum absolute atomic E-state index is 5.66. The molecule has 2 aromatic rings. The van der Waals surface area contributed by atoms with E-state index >= 15 is 0 Å². The van der Waals surface area contributed by atoms with Gasteiger partial charge in [-0.15, -0.1) is 11.6 Å². The van der Waals surface area contributed by atoms with Crippen LogP contribution in [0.1, 0.15) is 12.0 Å². The van der Waals surface area contributed by atoms with Gasteiger partial charge in [0.2, 0.25) is 0 Å². The molecule has 0 amide bonds. The van der Waals surface area contributed by atoms with Crippen LogP contribution in [-0.2, 0) is 6.54 Å². The second kappa shape index (κ2) is 7.50. The molecule has 0 aliphatic heterocycles. The number of ether oxygens (including phenoxy) is 1. The van der Waals surface area contributed by atoms with Crippen LogP contribution in [0.15, 0.2) is 43.0 Å². The van der Waals surface area contributed by atoms with Gasteiger partial charge in [-0.2, -0.15) is 0 Å². The van der Waals surface area contributed by atoms with Crippen LogP contribution < -0.4 is 4.74 Å². The van der Waals surface area contributed by atoms with Crippen LogP contribution in [0.4, 0.5) is 0 Å². The van der Waals surface area contributed by atoms with Crippen molar-refractivity contribution < 1.29 is 4.74 Å². The highest BCUT2D eigenvalue weighted by molar-refractivity contribution is 6.19. The molecule has 2 rings (SSSR count). The van der Waals surface area contributed by atoms with Crippen LogP contribution in [0.2, 0.25) is 0 Å². The van der Waals surface area contributed by atoms with Gasteiger partial charge in [-0.3, -0.25) is 0 Å². The van der Waals surface area contributed by atoms with Gasteiger partial charge in [0.1, 0.15) is 5.75 Å². The second-order valence-electron chi connectivity index (χ2n) is 3.96. The largest absolute Gasteiger partial charge is 0.494 e. The maximum atomic E-state index is 5.66. The molecule has 0 unspecified atom stereocenters. The van der Waals surface area contributed by atoms with Crippen LogP contribution in [-0.4, -0.2) is 22.0 Å². The van der Waals surface area contributed by atoms with Crippen molar-refractivity contribution in [1.29, 1.82) is 0 Å². The Morgan fingerprint density at radius 2 is 2.11 bits per heavy atom. The number of imidazole rings is 1. The summed E-state index contributed by atoms with van der Waals surface area (Å²) in [6.07, 6.45) is 6.49. The molecule has 0 atom stereocenters. The van der Waals surface area contributed by atoms with Crippen molar-refractivity contribution in [3.8, 4) is 17.6 Å². The Bertz CT molecular complexity index is 538. The molecule has 0 radical (unpaired) electrons. The summed E-state index contributed by atoms with van der Waals surface area (Å²) in [4.78, 5) is 3.99. The molecule has 19 heavy (non-hydrogen) atoms. The summed E-state index contributed by atoms with van der Waals surface area (Å²) >= 11 is 5.50. The van der Waals surface area contributed by atoms with Crippen LogP contribution in [0, 0.1) is 11.8 Å². The Kier molecular flexibility index (Phi) is 5.33. The highest BCUT2D eigenvalue weighted by Crippen LogP contribution is 2.11. The fourth-order valence-electron chi connectivity index (χ4n) is 1.63. The topological polar surface area (TPSA) is 27.1 Å². The molecule has 98 valence electrons. The van der Waals surface area contributed by atoms with Crippen molar-refractivity contribution in [3.05, 3.63) is 48.5 Å². The minimum atomic E-state index is 0.354. The van der Waals surface area contributed by atoms with Crippen LogP contribution >= 0.6 is 11.6 Å². The van der Waals surface area contributed by atoms with Gasteiger partial charge < -0.3 is 9.30 Å². The third kappa shape index (κ3) is 4.69. The van der Waals surface area contributed by atoms with E-state index in [0.717, 1.165) is 24.3 Å². The molecule has 0 fully saturated rings. The van der Waals surface area contributed by atoms with E-state index in [2.05, 4.69) is 16.8 Å². The third-order valence-electron chi connectivity index (χ3n) is 2.54. The first-order valence-electron chi connectivity index (χ1n) is 6.12. The van der Waals surface area contributed by atoms with E-state index in [0.29, 0.717) is 12.5 Å². The SMILES string of the molecule is ClCC#Cc1ccc(OCCCn2ccnc2)cc1. The molecule has 0 aliphatic carbocycles. The number of hydrogen-bond donors (Lipinski definition) is 0. The average Bonchev–Trinajstić information content (AvgIpc) is 2.96. The summed E-state index contributed by atoms with van der Waals surface area (Å²) < 4.78 is 7.69. The van der Waals surface area contributed by atoms with Crippen molar-refractivity contribution in [3.63, 3.8) is 0 Å². The normalized spacial score (nSPS) is 9.74. The van der Waals surface area contributed by atoms with Crippen molar-refractivity contribution in [2.45, 2.75) is 13.0 Å². The summed E-state index contributed by atoms with van der Waals surface area (Å²) in [7, 11) is 0. The number of halogens is 1. The minimum absolute atomic E-state index is 0.354. The van der Waals surface area contributed by atoms with E-state index in [1.165, 1.54) is 0 Å². The predicted molar refractivity (Wildman–Crippen MR) is 76.4 cm³/mol. The number of rotatable bonds is 5. The van der Waals surface area contributed by atoms with Gasteiger partial charge in [0.25, 0.3) is 0 Å². The van der Waals surface area contributed by atoms with E-state index in [4.69, 9.17) is 16.3 Å². The van der Waals surface area contributed by atoms with Gasteiger partial charge in [-0.05, 0) is 30.7 Å². The lowest BCUT2D eigenvalue weighted by Crippen LogP contribution is -2.02. The molecule has 1 aromatic heterocycles. The highest BCUT2D eigenvalue weighted by Gasteiger charge is 1.95. The van der Waals surface area contributed by atoms with E-state index in [1.54, 1.807) is 6.20 Å². The van der Waals surface area contributed by atoms with Gasteiger partial charge in [0, 0.05) is 24.5 Å². The number of aryl methyl sites for hydroxylation is 1. The zero-order valence-electron chi connectivity index (χ0n) is 10.6. The van der Waals surface area contributed by atoms with Crippen LogP contribution in [0.5, 0.6) is 5.75 Å². The van der Waals surface area contributed by atoms with Gasteiger partial charge in [0.15, 0.2) is 0 Å². The lowest BCUT2D eigenvalue weighted by molar-refractivity contribution is 0.302. The van der Waals surface area contributed by atoms with E-state index in [9.17, 15) is 0 Å². The number of nitrogens with zero attached hydrogens (tertiary/aromatic N) is 2. The first-order chi connectivity index (χ1) is 9.38. The number of aromatic nitrogens is 2. The number of alkyl halides is 1. The molecular weight excluding hydrogens is 260 g/mol. The fraction of sp³-hybridized carbons (Fsp3) is 0.267. The molecule has 0 spiro atoms. The minimum Gasteiger partial charge on any atom is -0.494 e. The van der Waals surface area contributed by atoms with Crippen molar-refractivity contribution in [2.24, 2.45) is 0 Å². The van der Waals surface area contributed by atoms with Gasteiger partial charge >= 0.3 is 0 Å². The summed E-state index contributed by atoms with van der Waals surface area (Å²) in [5.74, 6) is 6.99. The molecule has 3 nitrogen and oxygen atoms in total. The van der Waals surface area contributed by atoms with Crippen molar-refractivity contribution >= 4 is 11.6 Å². The van der Waals surface area contributed by atoms with Gasteiger partial charge in [-0.25, -0.2) is 4.98 Å². The number of hydrogen-bond acceptors (Lipinski definition) is 2. The standard InChI is InChI=1S/C15H15ClN2O/c16-8-1-3-14-4-6-15(7-5-14)19-12-2-10-18-11-9-17-13-18/h4-7,9,11,13H,2,8,10,12H2. The van der Waals surface area contributed by atoms with E-state index in [-0.39, 0.29) is 0 Å². The summed E-state index contributed by atoms with van der Waals surface area (Å²) in [6.45, 7) is 1.60. The second-order valence-corrected chi connectivity index (χ2v) is 4.23. The first-order valence-corrected chi connectivity index (χ1v) is 6.65. The average molecular weight is 275 g/mol. The molecule has 0 saturated heterocycles. The number of benzene rings is 1. The third-order valence-corrected chi connectivity index (χ3v) is 2.68. The highest BCUT2D eigenvalue weighted by atomic mass is 35.5. The van der Waals surface area contributed by atoms with Gasteiger partial charge in [0.05, 0.1) is 18.8 Å². The first kappa shape index (κ1) is 13.5. The Morgan fingerprint density at radius 1 is 1.26 bits per heavy atom. The van der Waals surface area contributed by atoms with Crippen molar-refractivity contribution in [2.75, 3.05) is 12.5 Å². The Balaban J connectivity index is 1.74. The lowest BCUT2D eigenvalue weighted by Gasteiger charge is -2.06. The fourth-order valence-corrected chi connectivity index (χ4v) is 1.69. The molecule has 1 aromatic carbocycles. The molecule has 0 saturated carbocycles. The quantitative estimate of drug-likeness (QED) is 0.476. The van der Waals surface area contributed by atoms with Crippen LogP contribution in [0.3, 0.4) is 0 Å². The molecule has 4 heteroatoms. The lowest BCUT2D eigenvalue weighted by atomic mass is 10.2. The monoisotopic (exact) mass is 274 g/mol. The molecule has 0 N–H and O–H groups in total. The summed E-state index contributed by atoms with van der Waals surface area (Å²) in [5.41, 5.74) is 0.950. The molecule has 1 heterocycles. The predicted octanol–water partition coefficient (Wildman–Crippen LogP) is 2.94.